The highest BCUT2D eigenvalue weighted by molar-refractivity contribution is 6.18. The first-order valence-electron chi connectivity index (χ1n) is 21.5. The standard InChI is InChI=1S/C15H29N.C14H27N.C10H20.C5H11Cl2N.ClH/c1-5-15(6-8-16(4)9-7-15)14-10-12(2)13(3)11-14;1-4-14(5-7-15-8-6-14)13-9-11(2)12(3)10-13;1-4-5-10-6-8(2)9(3)7-10;1-8(4-2-6)5-3-7;/h12-14H,5-11H2,1-4H3;11-13,15H,4-10H2,1-3H3;8-10H,4-7H2,1-3H3;2-5H2,1H3;1H. The lowest BCUT2D eigenvalue weighted by molar-refractivity contribution is 0.0537. The van der Waals surface area contributed by atoms with Crippen molar-refractivity contribution in [3.63, 3.8) is 0 Å². The van der Waals surface area contributed by atoms with Crippen molar-refractivity contribution in [1.82, 2.24) is 15.1 Å². The number of piperidine rings is 2. The molecule has 0 amide bonds. The first kappa shape index (κ1) is 48.8. The number of likely N-dealkylation sites (tertiary alicyclic amines) is 1. The molecule has 6 heteroatoms. The SMILES string of the molecule is CCC1(C2CC(C)C(C)C2)CCN(C)CC1.CCC1(C2CC(C)C(C)C2)CCNCC1.CCCC1CC(C)C(C)C1.CN(CCCl)CCCl.Cl. The minimum absolute atomic E-state index is 0. The van der Waals surface area contributed by atoms with Gasteiger partial charge < -0.3 is 15.1 Å². The fourth-order valence-electron chi connectivity index (χ4n) is 10.7. The summed E-state index contributed by atoms with van der Waals surface area (Å²) in [7, 11) is 4.28. The van der Waals surface area contributed by atoms with Gasteiger partial charge in [-0.3, -0.25) is 0 Å². The highest BCUT2D eigenvalue weighted by atomic mass is 35.5. The molecule has 0 radical (unpaired) electrons. The van der Waals surface area contributed by atoms with Crippen LogP contribution in [-0.2, 0) is 0 Å². The van der Waals surface area contributed by atoms with Crippen molar-refractivity contribution in [2.24, 2.45) is 64.1 Å². The van der Waals surface area contributed by atoms with Gasteiger partial charge in [-0.15, -0.1) is 35.6 Å². The van der Waals surface area contributed by atoms with Crippen LogP contribution < -0.4 is 5.32 Å². The zero-order chi connectivity index (χ0) is 36.6. The van der Waals surface area contributed by atoms with Crippen molar-refractivity contribution in [2.45, 2.75) is 152 Å². The van der Waals surface area contributed by atoms with E-state index in [1.165, 1.54) is 116 Å². The van der Waals surface area contributed by atoms with Crippen LogP contribution in [0.25, 0.3) is 0 Å². The molecule has 6 unspecified atom stereocenters. The van der Waals surface area contributed by atoms with Crippen LogP contribution in [-0.4, -0.2) is 74.9 Å². The van der Waals surface area contributed by atoms with Gasteiger partial charge in [0.1, 0.15) is 0 Å². The number of halogens is 3. The summed E-state index contributed by atoms with van der Waals surface area (Å²) in [5.41, 5.74) is 1.40. The van der Waals surface area contributed by atoms with Crippen LogP contribution in [0.3, 0.4) is 0 Å². The summed E-state index contributed by atoms with van der Waals surface area (Å²) in [5.74, 6) is 10.3. The Kier molecular flexibility index (Phi) is 24.4. The highest BCUT2D eigenvalue weighted by Crippen LogP contribution is 2.53. The van der Waals surface area contributed by atoms with E-state index >= 15 is 0 Å². The summed E-state index contributed by atoms with van der Waals surface area (Å²) >= 11 is 10.9. The molecule has 6 atom stereocenters. The molecule has 0 aromatic rings. The Labute approximate surface area is 330 Å². The molecule has 5 rings (SSSR count). The van der Waals surface area contributed by atoms with Crippen LogP contribution in [0.15, 0.2) is 0 Å². The second kappa shape index (κ2) is 25.0. The molecule has 3 saturated carbocycles. The summed E-state index contributed by atoms with van der Waals surface area (Å²) in [6, 6.07) is 0. The van der Waals surface area contributed by atoms with E-state index in [4.69, 9.17) is 23.2 Å². The summed E-state index contributed by atoms with van der Waals surface area (Å²) in [6.07, 6.45) is 20.4. The van der Waals surface area contributed by atoms with E-state index in [9.17, 15) is 0 Å². The van der Waals surface area contributed by atoms with E-state index in [-0.39, 0.29) is 12.4 Å². The lowest BCUT2D eigenvalue weighted by Gasteiger charge is -2.45. The third-order valence-corrected chi connectivity index (χ3v) is 15.6. The first-order chi connectivity index (χ1) is 23.3. The third kappa shape index (κ3) is 15.1. The van der Waals surface area contributed by atoms with Gasteiger partial charge in [0.2, 0.25) is 0 Å². The average Bonchev–Trinajstić information content (AvgIpc) is 3.73. The van der Waals surface area contributed by atoms with Crippen molar-refractivity contribution >= 4 is 35.6 Å². The number of hydrogen-bond donors (Lipinski definition) is 1. The van der Waals surface area contributed by atoms with Crippen molar-refractivity contribution in [1.29, 1.82) is 0 Å². The normalized spacial score (nSPS) is 34.8. The van der Waals surface area contributed by atoms with Gasteiger partial charge in [-0.05, 0) is 169 Å². The molecule has 5 aliphatic rings. The lowest BCUT2D eigenvalue weighted by atomic mass is 9.66. The van der Waals surface area contributed by atoms with E-state index < -0.39 is 0 Å². The molecule has 2 heterocycles. The van der Waals surface area contributed by atoms with Crippen LogP contribution in [0.2, 0.25) is 0 Å². The fourth-order valence-corrected chi connectivity index (χ4v) is 11.2. The molecule has 0 spiro atoms. The molecule has 3 nitrogen and oxygen atoms in total. The zero-order valence-corrected chi connectivity index (χ0v) is 37.6. The van der Waals surface area contributed by atoms with Crippen molar-refractivity contribution in [2.75, 3.05) is 65.1 Å². The van der Waals surface area contributed by atoms with Crippen LogP contribution in [0, 0.1) is 64.1 Å². The number of nitrogens with zero attached hydrogens (tertiary/aromatic N) is 2. The van der Waals surface area contributed by atoms with Gasteiger partial charge in [0, 0.05) is 24.8 Å². The molecule has 0 aromatic heterocycles. The molecule has 0 aromatic carbocycles. The summed E-state index contributed by atoms with van der Waals surface area (Å²) < 4.78 is 0. The minimum Gasteiger partial charge on any atom is -0.317 e. The van der Waals surface area contributed by atoms with E-state index in [1.807, 2.05) is 7.05 Å². The number of rotatable bonds is 10. The Hall–Kier alpha value is 0.750. The van der Waals surface area contributed by atoms with Gasteiger partial charge in [0.25, 0.3) is 0 Å². The Bertz CT molecular complexity index is 806. The van der Waals surface area contributed by atoms with Gasteiger partial charge in [-0.2, -0.15) is 0 Å². The number of alkyl halides is 2. The topological polar surface area (TPSA) is 18.5 Å². The van der Waals surface area contributed by atoms with Crippen molar-refractivity contribution < 1.29 is 0 Å². The smallest absolute Gasteiger partial charge is 0.0351 e. The molecule has 5 fully saturated rings. The maximum atomic E-state index is 5.45. The summed E-state index contributed by atoms with van der Waals surface area (Å²) in [5, 5.41) is 3.52. The fraction of sp³-hybridized carbons (Fsp3) is 1.00. The zero-order valence-electron chi connectivity index (χ0n) is 35.3. The van der Waals surface area contributed by atoms with Crippen LogP contribution in [0.1, 0.15) is 152 Å². The summed E-state index contributed by atoms with van der Waals surface area (Å²) in [6.45, 7) is 28.8. The van der Waals surface area contributed by atoms with Crippen molar-refractivity contribution in [3.05, 3.63) is 0 Å². The molecular weight excluding hydrogens is 677 g/mol. The van der Waals surface area contributed by atoms with E-state index in [0.717, 1.165) is 66.4 Å². The lowest BCUT2D eigenvalue weighted by Crippen LogP contribution is -2.41. The quantitative estimate of drug-likeness (QED) is 0.224. The van der Waals surface area contributed by atoms with E-state index in [2.05, 4.69) is 84.5 Å². The molecule has 1 N–H and O–H groups in total. The van der Waals surface area contributed by atoms with E-state index in [0.29, 0.717) is 22.6 Å². The van der Waals surface area contributed by atoms with E-state index in [1.54, 1.807) is 0 Å². The monoisotopic (exact) mass is 764 g/mol. The van der Waals surface area contributed by atoms with Gasteiger partial charge in [0.05, 0.1) is 0 Å². The van der Waals surface area contributed by atoms with Crippen molar-refractivity contribution in [3.8, 4) is 0 Å². The Morgan fingerprint density at radius 2 is 0.980 bits per heavy atom. The molecule has 300 valence electrons. The largest absolute Gasteiger partial charge is 0.317 e. The van der Waals surface area contributed by atoms with Crippen LogP contribution in [0.5, 0.6) is 0 Å². The predicted octanol–water partition coefficient (Wildman–Crippen LogP) is 12.5. The molecule has 0 bridgehead atoms. The molecule has 3 aliphatic carbocycles. The van der Waals surface area contributed by atoms with Gasteiger partial charge in [0.15, 0.2) is 0 Å². The number of nitrogens with one attached hydrogen (secondary N) is 1. The summed E-state index contributed by atoms with van der Waals surface area (Å²) in [4.78, 5) is 4.61. The maximum Gasteiger partial charge on any atom is 0.0351 e. The third-order valence-electron chi connectivity index (χ3n) is 15.3. The number of hydrogen-bond acceptors (Lipinski definition) is 3. The Balaban J connectivity index is 0.000000343. The van der Waals surface area contributed by atoms with Gasteiger partial charge >= 0.3 is 0 Å². The molecule has 2 saturated heterocycles. The second-order valence-corrected chi connectivity index (χ2v) is 19.2. The minimum atomic E-state index is 0. The average molecular weight is 766 g/mol. The highest BCUT2D eigenvalue weighted by Gasteiger charge is 2.44. The van der Waals surface area contributed by atoms with Crippen LogP contribution in [0.4, 0.5) is 0 Å². The van der Waals surface area contributed by atoms with Gasteiger partial charge in [-0.25, -0.2) is 0 Å². The molecule has 2 aliphatic heterocycles. The molecular formula is C44H88Cl3N3. The van der Waals surface area contributed by atoms with Gasteiger partial charge in [-0.1, -0.05) is 88.0 Å². The maximum absolute atomic E-state index is 5.45. The Morgan fingerprint density at radius 1 is 0.620 bits per heavy atom. The second-order valence-electron chi connectivity index (χ2n) is 18.5. The predicted molar refractivity (Wildman–Crippen MR) is 229 cm³/mol. The molecule has 50 heavy (non-hydrogen) atoms. The Morgan fingerprint density at radius 3 is 1.32 bits per heavy atom. The first-order valence-corrected chi connectivity index (χ1v) is 22.6. The van der Waals surface area contributed by atoms with Crippen LogP contribution >= 0.6 is 35.6 Å².